The molecule has 2 aliphatic rings. The molecule has 1 aliphatic carbocycles. The Kier molecular flexibility index (Phi) is 17.8. The standard InChI is InChI=1S/C16H24N6O2.C10H12.C3H9N.C3H8/c1-20-8-10-21(11-9-20)15(23)12-19-16(24)13-2-4-14(5-3-13)22(18)7-6-17;1-8-2-4-9(5-3-8)10-6-7-10;1-2-3-4;1-3-2/h2-7H,8-12,17-18H2,1H3,(H,19,24);2-5,10H,6-7H2,1H3;2-4H2,1H3;3H2,1-2H3/b7-6-;;;. The van der Waals surface area contributed by atoms with Gasteiger partial charge in [0.1, 0.15) is 0 Å². The first-order chi connectivity index (χ1) is 19.7. The van der Waals surface area contributed by atoms with E-state index >= 15 is 0 Å². The van der Waals surface area contributed by atoms with Crippen LogP contribution in [0.1, 0.15) is 73.9 Å². The summed E-state index contributed by atoms with van der Waals surface area (Å²) in [5.74, 6) is 6.29. The van der Waals surface area contributed by atoms with Gasteiger partial charge in [-0.2, -0.15) is 0 Å². The molecule has 9 heteroatoms. The highest BCUT2D eigenvalue weighted by atomic mass is 16.2. The lowest BCUT2D eigenvalue weighted by Gasteiger charge is -2.32. The Morgan fingerprint density at radius 3 is 1.98 bits per heavy atom. The topological polar surface area (TPSA) is 134 Å². The van der Waals surface area contributed by atoms with Gasteiger partial charge in [-0.15, -0.1) is 0 Å². The van der Waals surface area contributed by atoms with Crippen LogP contribution in [-0.2, 0) is 4.79 Å². The maximum Gasteiger partial charge on any atom is 0.251 e. The molecule has 2 amide bonds. The summed E-state index contributed by atoms with van der Waals surface area (Å²) in [6.07, 6.45) is 7.99. The largest absolute Gasteiger partial charge is 0.403 e. The number of nitrogens with zero attached hydrogens (tertiary/aromatic N) is 3. The number of carbonyl (C=O) groups excluding carboxylic acids is 2. The highest BCUT2D eigenvalue weighted by Crippen LogP contribution is 2.39. The third-order valence-electron chi connectivity index (χ3n) is 6.35. The molecule has 2 fully saturated rings. The fourth-order valence-electron chi connectivity index (χ4n) is 3.64. The van der Waals surface area contributed by atoms with Crippen LogP contribution in [0.15, 0.2) is 60.9 Å². The van der Waals surface area contributed by atoms with Crippen molar-refractivity contribution in [1.82, 2.24) is 15.1 Å². The van der Waals surface area contributed by atoms with Crippen molar-refractivity contribution >= 4 is 17.5 Å². The van der Waals surface area contributed by atoms with Gasteiger partial charge in [-0.1, -0.05) is 57.0 Å². The van der Waals surface area contributed by atoms with Crippen molar-refractivity contribution in [2.75, 3.05) is 51.3 Å². The zero-order valence-electron chi connectivity index (χ0n) is 25.8. The molecule has 4 rings (SSSR count). The van der Waals surface area contributed by atoms with E-state index in [0.29, 0.717) is 24.3 Å². The Bertz CT molecular complexity index is 1010. The van der Waals surface area contributed by atoms with Crippen molar-refractivity contribution in [1.29, 1.82) is 0 Å². The van der Waals surface area contributed by atoms with Crippen molar-refractivity contribution in [2.45, 2.75) is 59.3 Å². The first kappa shape index (κ1) is 35.6. The maximum absolute atomic E-state index is 12.1. The summed E-state index contributed by atoms with van der Waals surface area (Å²) < 4.78 is 0. The molecule has 1 saturated heterocycles. The van der Waals surface area contributed by atoms with Crippen molar-refractivity contribution in [3.8, 4) is 0 Å². The highest BCUT2D eigenvalue weighted by molar-refractivity contribution is 5.96. The van der Waals surface area contributed by atoms with Gasteiger partial charge in [0.05, 0.1) is 12.2 Å². The lowest BCUT2D eigenvalue weighted by molar-refractivity contribution is -0.131. The monoisotopic (exact) mass is 567 g/mol. The molecule has 9 nitrogen and oxygen atoms in total. The van der Waals surface area contributed by atoms with Gasteiger partial charge in [0.15, 0.2) is 0 Å². The van der Waals surface area contributed by atoms with Gasteiger partial charge in [-0.05, 0) is 75.5 Å². The number of nitrogens with two attached hydrogens (primary N) is 3. The van der Waals surface area contributed by atoms with E-state index in [1.54, 1.807) is 29.2 Å². The molecule has 0 atom stereocenters. The second-order valence-corrected chi connectivity index (χ2v) is 10.3. The molecule has 1 saturated carbocycles. The summed E-state index contributed by atoms with van der Waals surface area (Å²) in [7, 11) is 2.03. The molecule has 0 radical (unpaired) electrons. The number of rotatable bonds is 7. The number of hydrogen-bond acceptors (Lipinski definition) is 7. The zero-order chi connectivity index (χ0) is 30.6. The second-order valence-electron chi connectivity index (χ2n) is 10.3. The van der Waals surface area contributed by atoms with Crippen LogP contribution < -0.4 is 27.6 Å². The predicted octanol–water partition coefficient (Wildman–Crippen LogP) is 3.94. The fraction of sp³-hybridized carbons (Fsp3) is 0.500. The average molecular weight is 568 g/mol. The van der Waals surface area contributed by atoms with E-state index in [9.17, 15) is 9.59 Å². The lowest BCUT2D eigenvalue weighted by Crippen LogP contribution is -2.50. The van der Waals surface area contributed by atoms with Crippen molar-refractivity contribution < 1.29 is 9.59 Å². The van der Waals surface area contributed by atoms with Crippen LogP contribution in [0.4, 0.5) is 5.69 Å². The third-order valence-corrected chi connectivity index (χ3v) is 6.35. The Morgan fingerprint density at radius 2 is 1.51 bits per heavy atom. The minimum atomic E-state index is -0.290. The summed E-state index contributed by atoms with van der Waals surface area (Å²) >= 11 is 0. The molecule has 1 aliphatic heterocycles. The first-order valence-corrected chi connectivity index (χ1v) is 14.7. The molecular formula is C32H53N7O2. The molecular weight excluding hydrogens is 514 g/mol. The number of aryl methyl sites for hydroxylation is 1. The Hall–Kier alpha value is -3.40. The number of anilines is 1. The van der Waals surface area contributed by atoms with Crippen molar-refractivity contribution in [2.24, 2.45) is 17.3 Å². The number of benzene rings is 2. The molecule has 7 N–H and O–H groups in total. The Morgan fingerprint density at radius 1 is 0.976 bits per heavy atom. The molecule has 0 spiro atoms. The van der Waals surface area contributed by atoms with Gasteiger partial charge in [-0.3, -0.25) is 14.6 Å². The number of hydrogen-bond donors (Lipinski definition) is 4. The lowest BCUT2D eigenvalue weighted by atomic mass is 10.1. The van der Waals surface area contributed by atoms with E-state index in [0.717, 1.165) is 32.0 Å². The summed E-state index contributed by atoms with van der Waals surface area (Å²) in [5, 5.41) is 4.00. The number of carbonyl (C=O) groups is 2. The van der Waals surface area contributed by atoms with Gasteiger partial charge in [0.2, 0.25) is 5.91 Å². The summed E-state index contributed by atoms with van der Waals surface area (Å²) in [4.78, 5) is 28.2. The van der Waals surface area contributed by atoms with E-state index in [1.165, 1.54) is 47.8 Å². The SMILES string of the molecule is CCC.CCCN.CN1CCN(C(=O)CNC(=O)c2ccc(N(N)/C=C\N)cc2)CC1.Cc1ccc(C2CC2)cc1. The van der Waals surface area contributed by atoms with E-state index in [-0.39, 0.29) is 18.4 Å². The molecule has 0 aromatic heterocycles. The van der Waals surface area contributed by atoms with Crippen LogP contribution in [0.2, 0.25) is 0 Å². The van der Waals surface area contributed by atoms with Crippen LogP contribution >= 0.6 is 0 Å². The first-order valence-electron chi connectivity index (χ1n) is 14.7. The minimum Gasteiger partial charge on any atom is -0.403 e. The quantitative estimate of drug-likeness (QED) is 0.294. The maximum atomic E-state index is 12.1. The number of nitrogens with one attached hydrogen (secondary N) is 1. The smallest absolute Gasteiger partial charge is 0.251 e. The minimum absolute atomic E-state index is 0.00320. The fourth-order valence-corrected chi connectivity index (χ4v) is 3.64. The van der Waals surface area contributed by atoms with E-state index in [1.807, 2.05) is 7.05 Å². The van der Waals surface area contributed by atoms with Crippen LogP contribution in [-0.4, -0.2) is 67.9 Å². The second kappa shape index (κ2) is 20.5. The van der Waals surface area contributed by atoms with Gasteiger partial charge in [-0.25, -0.2) is 5.84 Å². The Balaban J connectivity index is 0.000000402. The number of amides is 2. The summed E-state index contributed by atoms with van der Waals surface area (Å²) in [6, 6.07) is 15.6. The molecule has 2 aromatic rings. The molecule has 0 unspecified atom stereocenters. The Labute approximate surface area is 247 Å². The highest BCUT2D eigenvalue weighted by Gasteiger charge is 2.22. The van der Waals surface area contributed by atoms with Crippen LogP contribution in [0, 0.1) is 6.92 Å². The molecule has 0 bridgehead atoms. The predicted molar refractivity (Wildman–Crippen MR) is 171 cm³/mol. The van der Waals surface area contributed by atoms with Crippen LogP contribution in [0.25, 0.3) is 0 Å². The molecule has 1 heterocycles. The van der Waals surface area contributed by atoms with Crippen LogP contribution in [0.3, 0.4) is 0 Å². The van der Waals surface area contributed by atoms with E-state index in [2.05, 4.69) is 62.2 Å². The van der Waals surface area contributed by atoms with Gasteiger partial charge in [0, 0.05) is 44.1 Å². The van der Waals surface area contributed by atoms with Crippen molar-refractivity contribution in [3.05, 3.63) is 77.6 Å². The van der Waals surface area contributed by atoms with Gasteiger partial charge in [0.25, 0.3) is 5.91 Å². The van der Waals surface area contributed by atoms with Crippen LogP contribution in [0.5, 0.6) is 0 Å². The zero-order valence-corrected chi connectivity index (χ0v) is 25.8. The molecule has 41 heavy (non-hydrogen) atoms. The molecule has 2 aromatic carbocycles. The normalized spacial score (nSPS) is 14.5. The summed E-state index contributed by atoms with van der Waals surface area (Å²) in [5.41, 5.74) is 14.4. The number of likely N-dealkylation sites (N-methyl/N-ethyl adjacent to an activating group) is 1. The molecule has 228 valence electrons. The van der Waals surface area contributed by atoms with E-state index in [4.69, 9.17) is 17.3 Å². The van der Waals surface area contributed by atoms with Crippen molar-refractivity contribution in [3.63, 3.8) is 0 Å². The average Bonchev–Trinajstić information content (AvgIpc) is 3.83. The number of hydrazine groups is 1. The summed E-state index contributed by atoms with van der Waals surface area (Å²) in [6.45, 7) is 12.4. The van der Waals surface area contributed by atoms with Gasteiger partial charge < -0.3 is 26.6 Å². The van der Waals surface area contributed by atoms with E-state index < -0.39 is 0 Å². The van der Waals surface area contributed by atoms with Gasteiger partial charge >= 0.3 is 0 Å². The number of piperazine rings is 1. The third kappa shape index (κ3) is 14.7.